The number of aromatic nitrogens is 3. The molecule has 7 rings (SSSR count). The van der Waals surface area contributed by atoms with E-state index in [1.54, 1.807) is 60.8 Å². The number of carbonyl (C=O) groups excluding carboxylic acids is 13. The SMILES string of the molecule is CC(=O)NC1CCC(=O)NCCCC(C(=O)N2CCCC2C(=O)N2CCCC2C(=O)NC(CCCNC(=N)N)C(=O)NC(CC(=O)O)C(=O)NC(CCCCN(CC(=O)O)CC(=O)O)C(N)=O)NC(=O)C(Cc2c[nH]c3ccccc23)NC(=O)C(CCCNC(=N)N)NC(=O)C(Cc2ccccc2)NC(=O)C(Cc2cnc[nH]2)NC1=O. The van der Waals surface area contributed by atoms with Gasteiger partial charge in [0, 0.05) is 94.3 Å². The third-order valence-electron chi connectivity index (χ3n) is 19.7. The number of benzene rings is 2. The van der Waals surface area contributed by atoms with Gasteiger partial charge in [0.25, 0.3) is 0 Å². The number of H-pyrrole nitrogens is 2. The van der Waals surface area contributed by atoms with E-state index in [1.165, 1.54) is 22.3 Å². The van der Waals surface area contributed by atoms with E-state index in [-0.39, 0.29) is 155 Å². The Morgan fingerprint density at radius 3 is 1.81 bits per heavy atom. The van der Waals surface area contributed by atoms with Gasteiger partial charge in [-0.2, -0.15) is 0 Å². The molecule has 116 heavy (non-hydrogen) atoms. The molecule has 2 aromatic heterocycles. The Labute approximate surface area is 666 Å². The fourth-order valence-corrected chi connectivity index (χ4v) is 14.0. The molecule has 13 amide bonds. The maximum absolute atomic E-state index is 15.6. The highest BCUT2D eigenvalue weighted by atomic mass is 16.4. The molecule has 42 heteroatoms. The lowest BCUT2D eigenvalue weighted by atomic mass is 10.0. The Kier molecular flexibility index (Phi) is 35.2. The maximum Gasteiger partial charge on any atom is 0.317 e. The zero-order valence-corrected chi connectivity index (χ0v) is 64.3. The minimum absolute atomic E-state index is 0.0205. The van der Waals surface area contributed by atoms with Gasteiger partial charge in [0.2, 0.25) is 76.8 Å². The summed E-state index contributed by atoms with van der Waals surface area (Å²) in [6.45, 7) is -0.333. The number of likely N-dealkylation sites (tertiary alicyclic amines) is 2. The van der Waals surface area contributed by atoms with E-state index in [0.29, 0.717) is 27.7 Å². The van der Waals surface area contributed by atoms with E-state index in [2.05, 4.69) is 78.8 Å². The smallest absolute Gasteiger partial charge is 0.317 e. The monoisotopic (exact) mass is 1620 g/mol. The van der Waals surface area contributed by atoms with Crippen LogP contribution in [0.2, 0.25) is 0 Å². The molecule has 5 heterocycles. The summed E-state index contributed by atoms with van der Waals surface area (Å²) >= 11 is 0. The Hall–Kier alpha value is -12.8. The van der Waals surface area contributed by atoms with Gasteiger partial charge in [-0.05, 0) is 114 Å². The first-order chi connectivity index (χ1) is 55.3. The number of rotatable bonds is 35. The predicted molar refractivity (Wildman–Crippen MR) is 414 cm³/mol. The van der Waals surface area contributed by atoms with Crippen molar-refractivity contribution >= 4 is 118 Å². The van der Waals surface area contributed by atoms with Crippen molar-refractivity contribution in [3.05, 3.63) is 90.1 Å². The van der Waals surface area contributed by atoms with Crippen LogP contribution in [0.3, 0.4) is 0 Å². The van der Waals surface area contributed by atoms with Gasteiger partial charge in [0.1, 0.15) is 66.5 Å². The molecule has 3 aliphatic rings. The molecular weight excluding hydrogens is 1510 g/mol. The number of carboxylic acid groups (broad SMARTS) is 3. The van der Waals surface area contributed by atoms with E-state index >= 15 is 24.0 Å². The van der Waals surface area contributed by atoms with Crippen molar-refractivity contribution in [1.29, 1.82) is 10.8 Å². The number of nitrogens with two attached hydrogens (primary N) is 3. The molecule has 3 fully saturated rings. The second kappa shape index (κ2) is 45.2. The number of nitrogens with zero attached hydrogens (tertiary/aromatic N) is 4. The summed E-state index contributed by atoms with van der Waals surface area (Å²) in [6, 6.07) is -0.832. The summed E-state index contributed by atoms with van der Waals surface area (Å²) < 4.78 is 0. The van der Waals surface area contributed by atoms with Gasteiger partial charge in [-0.1, -0.05) is 48.5 Å². The number of carboxylic acids is 3. The van der Waals surface area contributed by atoms with E-state index in [9.17, 15) is 68.1 Å². The van der Waals surface area contributed by atoms with Gasteiger partial charge in [-0.3, -0.25) is 92.4 Å². The second-order valence-electron chi connectivity index (χ2n) is 28.6. The molecule has 42 nitrogen and oxygen atoms in total. The number of aromatic amines is 2. The fraction of sp³-hybridized carbons (Fsp3) is 0.527. The van der Waals surface area contributed by atoms with Crippen molar-refractivity contribution in [2.45, 2.75) is 195 Å². The van der Waals surface area contributed by atoms with Crippen LogP contribution in [0.4, 0.5) is 0 Å². The van der Waals surface area contributed by atoms with E-state index in [4.69, 9.17) is 28.0 Å². The van der Waals surface area contributed by atoms with Crippen LogP contribution < -0.4 is 81.0 Å². The predicted octanol–water partition coefficient (Wildman–Crippen LogP) is -4.90. The van der Waals surface area contributed by atoms with Gasteiger partial charge >= 0.3 is 17.9 Å². The van der Waals surface area contributed by atoms with Gasteiger partial charge in [0.05, 0.1) is 25.8 Å². The van der Waals surface area contributed by atoms with Gasteiger partial charge in [-0.25, -0.2) is 4.98 Å². The molecule has 0 spiro atoms. The summed E-state index contributed by atoms with van der Waals surface area (Å²) in [6.07, 6.45) is 2.08. The van der Waals surface area contributed by atoms with Gasteiger partial charge < -0.3 is 116 Å². The average molecular weight is 1620 g/mol. The Morgan fingerprint density at radius 2 is 1.17 bits per heavy atom. The molecule has 0 radical (unpaired) electrons. The molecule has 25 N–H and O–H groups in total. The number of aliphatic carboxylic acids is 3. The molecular formula is C74H105N23O19. The number of hydrogen-bond acceptors (Lipinski definition) is 20. The van der Waals surface area contributed by atoms with Crippen molar-refractivity contribution in [2.24, 2.45) is 17.2 Å². The quantitative estimate of drug-likeness (QED) is 0.0117. The fourth-order valence-electron chi connectivity index (χ4n) is 14.0. The Bertz CT molecular complexity index is 4150. The first-order valence-electron chi connectivity index (χ1n) is 38.3. The molecule has 11 atom stereocenters. The number of fused-ring (bicyclic) bond motifs is 1. The molecule has 4 aromatic rings. The minimum Gasteiger partial charge on any atom is -0.481 e. The summed E-state index contributed by atoms with van der Waals surface area (Å²) in [7, 11) is 0. The lowest BCUT2D eigenvalue weighted by Gasteiger charge is -2.34. The lowest BCUT2D eigenvalue weighted by molar-refractivity contribution is -0.148. The van der Waals surface area contributed by atoms with Crippen LogP contribution >= 0.6 is 0 Å². The first kappa shape index (κ1) is 90.4. The largest absolute Gasteiger partial charge is 0.481 e. The van der Waals surface area contributed by atoms with Crippen LogP contribution in [-0.4, -0.2) is 270 Å². The molecule has 11 unspecified atom stereocenters. The first-order valence-corrected chi connectivity index (χ1v) is 38.3. The minimum atomic E-state index is -1.90. The van der Waals surface area contributed by atoms with Crippen LogP contribution in [0.1, 0.15) is 126 Å². The molecule has 0 saturated carbocycles. The molecule has 3 aliphatic heterocycles. The van der Waals surface area contributed by atoms with Crippen molar-refractivity contribution in [1.82, 2.24) is 93.5 Å². The number of hydrogen-bond donors (Lipinski definition) is 22. The highest BCUT2D eigenvalue weighted by molar-refractivity contribution is 6.01. The summed E-state index contributed by atoms with van der Waals surface area (Å²) in [5, 5.41) is 76.1. The van der Waals surface area contributed by atoms with E-state index in [1.807, 2.05) is 0 Å². The van der Waals surface area contributed by atoms with Crippen LogP contribution in [0.15, 0.2) is 73.3 Å². The van der Waals surface area contributed by atoms with Crippen molar-refractivity contribution in [3.8, 4) is 0 Å². The number of carbonyl (C=O) groups is 16. The Balaban J connectivity index is 1.17. The number of guanidine groups is 2. The number of unbranched alkanes of at least 4 members (excludes halogenated alkanes) is 1. The lowest BCUT2D eigenvalue weighted by Crippen LogP contribution is -2.61. The third kappa shape index (κ3) is 29.0. The molecule has 2 aromatic carbocycles. The number of imidazole rings is 1. The third-order valence-corrected chi connectivity index (χ3v) is 19.7. The molecule has 630 valence electrons. The maximum atomic E-state index is 15.6. The summed E-state index contributed by atoms with van der Waals surface area (Å²) in [4.78, 5) is 236. The number of amides is 13. The highest BCUT2D eigenvalue weighted by Gasteiger charge is 2.45. The van der Waals surface area contributed by atoms with Crippen LogP contribution in [0, 0.1) is 10.8 Å². The Morgan fingerprint density at radius 1 is 0.595 bits per heavy atom. The zero-order chi connectivity index (χ0) is 84.5. The second-order valence-corrected chi connectivity index (χ2v) is 28.6. The van der Waals surface area contributed by atoms with Crippen LogP contribution in [-0.2, 0) is 96.0 Å². The number of nitrogens with one attached hydrogen (secondary N) is 16. The number of para-hydroxylation sites is 1. The van der Waals surface area contributed by atoms with E-state index in [0.717, 1.165) is 11.8 Å². The molecule has 3 saturated heterocycles. The summed E-state index contributed by atoms with van der Waals surface area (Å²) in [5.74, 6) is -16.5. The number of primary amides is 1. The van der Waals surface area contributed by atoms with Crippen molar-refractivity contribution in [2.75, 3.05) is 52.4 Å². The topological polar surface area (TPSA) is 658 Å². The molecule has 0 bridgehead atoms. The van der Waals surface area contributed by atoms with Crippen LogP contribution in [0.5, 0.6) is 0 Å². The van der Waals surface area contributed by atoms with Crippen LogP contribution in [0.25, 0.3) is 10.9 Å². The zero-order valence-electron chi connectivity index (χ0n) is 64.3. The van der Waals surface area contributed by atoms with Gasteiger partial charge in [0.15, 0.2) is 11.9 Å². The van der Waals surface area contributed by atoms with Gasteiger partial charge in [-0.15, -0.1) is 0 Å². The molecule has 0 aliphatic carbocycles. The van der Waals surface area contributed by atoms with Crippen molar-refractivity contribution < 1.29 is 92.0 Å². The van der Waals surface area contributed by atoms with Crippen molar-refractivity contribution in [3.63, 3.8) is 0 Å². The summed E-state index contributed by atoms with van der Waals surface area (Å²) in [5.41, 5.74) is 18.9. The highest BCUT2D eigenvalue weighted by Crippen LogP contribution is 2.28. The normalized spacial score (nSPS) is 20.8. The standard InChI is InChI=1S/C74H105N23O19/c1-41(98)86-50-24-25-58(99)81-26-11-21-51(90-67(111)53(33-43-36-84-46-17-6-5-16-45(43)46)92-63(107)48(19-9-27-82-73(76)77)88-66(110)52(32-42-14-3-2-4-15-42)91-68(112)54(93-65(50)109)34-44-37-80-40-85-44)71(115)97-31-13-23-57(97)72(116)96-30-12-22-56(96)70(114)89-49(20-10-28-83-74(78)79)64(108)94-55(35-59(100)101)69(113)87-47(62(75)106)18-7-8-29-95(38-60(102)103)39-61(104)105/h2-6,14-17,36-37,40,47-57,84H,7-13,18-35,38-39H2,1H3,(H2,75,106)(H,80,85)(H,81,99)(H,86,98)(H,87,113)(H,88,110)(H,89,114)(H,90,111)(H,91,112)(H,92,107)(H,93,109)(H,94,108)(H,100,101)(H,102,103)(H,104,105)(H4,76,77,82)(H4,78,79,83). The average Bonchev–Trinajstić information content (AvgIpc) is 1.64. The van der Waals surface area contributed by atoms with E-state index < -0.39 is 193 Å².